The first-order chi connectivity index (χ1) is 15.9. The van der Waals surface area contributed by atoms with Crippen molar-refractivity contribution in [3.05, 3.63) is 36.2 Å². The quantitative estimate of drug-likeness (QED) is 0.661. The Morgan fingerprint density at radius 3 is 2.73 bits per heavy atom. The van der Waals surface area contributed by atoms with Gasteiger partial charge in [0.25, 0.3) is 5.24 Å². The number of rotatable bonds is 6. The number of hydrogen-bond donors (Lipinski definition) is 2. The van der Waals surface area contributed by atoms with E-state index >= 15 is 0 Å². The number of thioether (sulfide) groups is 1. The summed E-state index contributed by atoms with van der Waals surface area (Å²) in [5, 5.41) is 12.0. The number of aromatic nitrogens is 2. The molecule has 33 heavy (non-hydrogen) atoms. The summed E-state index contributed by atoms with van der Waals surface area (Å²) in [4.78, 5) is 36.4. The second-order valence-corrected chi connectivity index (χ2v) is 9.93. The van der Waals surface area contributed by atoms with E-state index in [2.05, 4.69) is 20.2 Å². The lowest BCUT2D eigenvalue weighted by Crippen LogP contribution is -2.40. The predicted octanol–water partition coefficient (Wildman–Crippen LogP) is 3.21. The third kappa shape index (κ3) is 5.75. The predicted molar refractivity (Wildman–Crippen MR) is 128 cm³/mol. The molecule has 0 atom stereocenters. The summed E-state index contributed by atoms with van der Waals surface area (Å²) in [6.45, 7) is 5.65. The summed E-state index contributed by atoms with van der Waals surface area (Å²) in [5.74, 6) is 0.852. The topological polar surface area (TPSA) is 108 Å². The summed E-state index contributed by atoms with van der Waals surface area (Å²) in [6, 6.07) is 7.53. The van der Waals surface area contributed by atoms with Gasteiger partial charge >= 0.3 is 0 Å². The fraction of sp³-hybridized carbons (Fsp3) is 0.478. The average Bonchev–Trinajstić information content (AvgIpc) is 3.22. The van der Waals surface area contributed by atoms with Gasteiger partial charge in [-0.05, 0) is 30.2 Å². The van der Waals surface area contributed by atoms with Crippen LogP contribution in [0, 0.1) is 0 Å². The maximum Gasteiger partial charge on any atom is 0.281 e. The van der Waals surface area contributed by atoms with E-state index in [4.69, 9.17) is 9.84 Å². The summed E-state index contributed by atoms with van der Waals surface area (Å²) >= 11 is 1.37. The molecule has 0 saturated carbocycles. The van der Waals surface area contributed by atoms with Crippen LogP contribution >= 0.6 is 11.8 Å². The van der Waals surface area contributed by atoms with Gasteiger partial charge in [-0.2, -0.15) is 0 Å². The van der Waals surface area contributed by atoms with Gasteiger partial charge in [0.05, 0.1) is 0 Å². The van der Waals surface area contributed by atoms with Crippen LogP contribution in [0.25, 0.3) is 0 Å². The van der Waals surface area contributed by atoms with E-state index in [-0.39, 0.29) is 16.6 Å². The first-order valence-electron chi connectivity index (χ1n) is 11.2. The minimum absolute atomic E-state index is 0.0180. The highest BCUT2D eigenvalue weighted by molar-refractivity contribution is 8.14. The van der Waals surface area contributed by atoms with Crippen LogP contribution < -0.4 is 15.0 Å². The number of amides is 2. The fourth-order valence-electron chi connectivity index (χ4n) is 4.06. The molecule has 10 heteroatoms. The van der Waals surface area contributed by atoms with Crippen molar-refractivity contribution >= 4 is 40.1 Å². The molecule has 0 bridgehead atoms. The Morgan fingerprint density at radius 2 is 2.00 bits per heavy atom. The molecule has 0 spiro atoms. The molecule has 0 radical (unpaired) electrons. The Kier molecular flexibility index (Phi) is 7.34. The number of aliphatic hydroxyl groups excluding tert-OH is 1. The maximum atomic E-state index is 12.2. The van der Waals surface area contributed by atoms with Gasteiger partial charge in [-0.3, -0.25) is 9.59 Å². The summed E-state index contributed by atoms with van der Waals surface area (Å²) in [6.07, 6.45) is 3.90. The third-order valence-corrected chi connectivity index (χ3v) is 6.56. The smallest absolute Gasteiger partial charge is 0.281 e. The number of carbonyl (C=O) groups is 2. The van der Waals surface area contributed by atoms with Crippen LogP contribution in [0.4, 0.5) is 22.0 Å². The molecule has 1 aromatic carbocycles. The largest absolute Gasteiger partial charge is 0.474 e. The van der Waals surface area contributed by atoms with Crippen LogP contribution in [-0.2, 0) is 11.2 Å². The van der Waals surface area contributed by atoms with E-state index in [1.54, 1.807) is 0 Å². The molecule has 2 N–H and O–H groups in total. The highest BCUT2D eigenvalue weighted by Gasteiger charge is 2.26. The zero-order valence-corrected chi connectivity index (χ0v) is 19.7. The SMILES string of the molecule is CC(C)SC(=O)N1CCC(Oc2cc(N3CCc4cc(NC(=O)CO)ccc43)ncn2)CC1. The van der Waals surface area contributed by atoms with Crippen molar-refractivity contribution in [3.8, 4) is 5.88 Å². The molecule has 1 aromatic heterocycles. The van der Waals surface area contributed by atoms with Crippen LogP contribution in [0.15, 0.2) is 30.6 Å². The van der Waals surface area contributed by atoms with Gasteiger partial charge in [0.2, 0.25) is 11.8 Å². The van der Waals surface area contributed by atoms with Crippen molar-refractivity contribution in [2.75, 3.05) is 36.5 Å². The minimum atomic E-state index is -0.542. The number of nitrogens with one attached hydrogen (secondary N) is 1. The van der Waals surface area contributed by atoms with Gasteiger partial charge in [0, 0.05) is 55.2 Å². The van der Waals surface area contributed by atoms with Gasteiger partial charge in [-0.1, -0.05) is 25.6 Å². The molecule has 0 unspecified atom stereocenters. The molecule has 2 aliphatic rings. The van der Waals surface area contributed by atoms with Crippen molar-refractivity contribution in [2.45, 2.75) is 44.5 Å². The average molecular weight is 472 g/mol. The van der Waals surface area contributed by atoms with Gasteiger partial charge in [-0.15, -0.1) is 0 Å². The molecule has 4 rings (SSSR count). The Hall–Kier alpha value is -2.85. The molecular weight excluding hydrogens is 442 g/mol. The molecule has 0 aliphatic carbocycles. The molecule has 176 valence electrons. The van der Waals surface area contributed by atoms with Crippen molar-refractivity contribution < 1.29 is 19.4 Å². The lowest BCUT2D eigenvalue weighted by atomic mass is 10.1. The van der Waals surface area contributed by atoms with Crippen molar-refractivity contribution in [1.82, 2.24) is 14.9 Å². The van der Waals surface area contributed by atoms with Gasteiger partial charge in [0.1, 0.15) is 24.9 Å². The number of ether oxygens (including phenoxy) is 1. The molecule has 2 aromatic rings. The summed E-state index contributed by atoms with van der Waals surface area (Å²) in [7, 11) is 0. The highest BCUT2D eigenvalue weighted by Crippen LogP contribution is 2.36. The number of anilines is 3. The monoisotopic (exact) mass is 471 g/mol. The summed E-state index contributed by atoms with van der Waals surface area (Å²) < 4.78 is 6.13. The molecule has 2 amide bonds. The van der Waals surface area contributed by atoms with Gasteiger partial charge in [-0.25, -0.2) is 9.97 Å². The molecule has 2 aliphatic heterocycles. The van der Waals surface area contributed by atoms with Crippen LogP contribution in [0.5, 0.6) is 5.88 Å². The van der Waals surface area contributed by atoms with E-state index in [1.165, 1.54) is 18.1 Å². The zero-order valence-electron chi connectivity index (χ0n) is 18.9. The van der Waals surface area contributed by atoms with E-state index < -0.39 is 12.5 Å². The normalized spacial score (nSPS) is 16.1. The first-order valence-corrected chi connectivity index (χ1v) is 12.1. The van der Waals surface area contributed by atoms with Crippen LogP contribution in [0.1, 0.15) is 32.3 Å². The lowest BCUT2D eigenvalue weighted by Gasteiger charge is -2.32. The maximum absolute atomic E-state index is 12.2. The number of fused-ring (bicyclic) bond motifs is 1. The highest BCUT2D eigenvalue weighted by atomic mass is 32.2. The zero-order chi connectivity index (χ0) is 23.4. The number of aliphatic hydroxyl groups is 1. The number of piperidine rings is 1. The van der Waals surface area contributed by atoms with E-state index in [0.717, 1.165) is 42.9 Å². The number of carbonyl (C=O) groups excluding carboxylic acids is 2. The lowest BCUT2D eigenvalue weighted by molar-refractivity contribution is -0.118. The first kappa shape index (κ1) is 23.3. The molecule has 1 fully saturated rings. The number of likely N-dealkylation sites (tertiary alicyclic amines) is 1. The van der Waals surface area contributed by atoms with E-state index in [0.29, 0.717) is 24.7 Å². The Balaban J connectivity index is 1.38. The number of benzene rings is 1. The van der Waals surface area contributed by atoms with Gasteiger partial charge in [0.15, 0.2) is 0 Å². The van der Waals surface area contributed by atoms with Crippen molar-refractivity contribution in [2.24, 2.45) is 0 Å². The fourth-order valence-corrected chi connectivity index (χ4v) is 4.80. The Morgan fingerprint density at radius 1 is 1.21 bits per heavy atom. The second kappa shape index (κ2) is 10.4. The molecule has 9 nitrogen and oxygen atoms in total. The van der Waals surface area contributed by atoms with Crippen LogP contribution in [0.2, 0.25) is 0 Å². The molecular formula is C23H29N5O4S. The van der Waals surface area contributed by atoms with Crippen LogP contribution in [0.3, 0.4) is 0 Å². The Labute approximate surface area is 197 Å². The summed E-state index contributed by atoms with van der Waals surface area (Å²) in [5.41, 5.74) is 2.79. The minimum Gasteiger partial charge on any atom is -0.474 e. The van der Waals surface area contributed by atoms with E-state index in [1.807, 2.05) is 43.0 Å². The number of hydrogen-bond acceptors (Lipinski definition) is 8. The van der Waals surface area contributed by atoms with Gasteiger partial charge < -0.3 is 25.0 Å². The van der Waals surface area contributed by atoms with E-state index in [9.17, 15) is 9.59 Å². The van der Waals surface area contributed by atoms with Crippen molar-refractivity contribution in [1.29, 1.82) is 0 Å². The standard InChI is InChI=1S/C23H29N5O4S/c1-15(2)33-23(31)27-8-6-18(7-9-27)32-22-12-20(24-14-25-22)28-10-5-16-11-17(3-4-19(16)28)26-21(30)13-29/h3-4,11-12,14-15,18,29H,5-10,13H2,1-2H3,(H,26,30). The van der Waals surface area contributed by atoms with Crippen molar-refractivity contribution in [3.63, 3.8) is 0 Å². The third-order valence-electron chi connectivity index (χ3n) is 5.63. The van der Waals surface area contributed by atoms with Crippen LogP contribution in [-0.4, -0.2) is 68.7 Å². The molecule has 1 saturated heterocycles. The number of nitrogens with zero attached hydrogens (tertiary/aromatic N) is 4. The Bertz CT molecular complexity index is 1010. The molecule has 3 heterocycles. The second-order valence-electron chi connectivity index (χ2n) is 8.40.